The van der Waals surface area contributed by atoms with Gasteiger partial charge in [-0.25, -0.2) is 0 Å². The van der Waals surface area contributed by atoms with Gasteiger partial charge in [-0.1, -0.05) is 18.7 Å². The molecule has 1 aliphatic heterocycles. The van der Waals surface area contributed by atoms with Gasteiger partial charge in [0.2, 0.25) is 0 Å². The first kappa shape index (κ1) is 12.4. The Bertz CT molecular complexity index is 570. The fourth-order valence-electron chi connectivity index (χ4n) is 1.87. The number of amides is 1. The van der Waals surface area contributed by atoms with Crippen LogP contribution in [0.15, 0.2) is 42.1 Å². The van der Waals surface area contributed by atoms with E-state index >= 15 is 0 Å². The Hall–Kier alpha value is -2.04. The number of hydrogen-bond acceptors (Lipinski definition) is 1. The molecule has 2 rings (SSSR count). The molecule has 0 radical (unpaired) electrons. The smallest absolute Gasteiger partial charge is 0.322 e. The average molecular weight is 253 g/mol. The lowest BCUT2D eigenvalue weighted by Crippen LogP contribution is -2.14. The van der Waals surface area contributed by atoms with Crippen molar-refractivity contribution in [1.82, 2.24) is 5.32 Å². The third-order valence-corrected chi connectivity index (χ3v) is 2.76. The number of allylic oxidation sites excluding steroid dienone is 1. The first-order valence-electron chi connectivity index (χ1n) is 5.20. The second kappa shape index (κ2) is 4.01. The molecule has 1 aromatic carbocycles. The van der Waals surface area contributed by atoms with E-state index in [1.165, 1.54) is 12.1 Å². The van der Waals surface area contributed by atoms with E-state index in [-0.39, 0.29) is 5.91 Å². The Morgan fingerprint density at radius 2 is 1.94 bits per heavy atom. The normalized spacial score (nSPS) is 16.2. The van der Waals surface area contributed by atoms with Crippen LogP contribution in [0.5, 0.6) is 0 Å². The van der Waals surface area contributed by atoms with Gasteiger partial charge in [-0.05, 0) is 24.6 Å². The third kappa shape index (κ3) is 2.03. The van der Waals surface area contributed by atoms with Crippen LogP contribution in [0.1, 0.15) is 18.1 Å². The summed E-state index contributed by atoms with van der Waals surface area (Å²) < 4.78 is 37.8. The highest BCUT2D eigenvalue weighted by Gasteiger charge is 2.31. The van der Waals surface area contributed by atoms with E-state index in [1.54, 1.807) is 6.92 Å². The summed E-state index contributed by atoms with van der Waals surface area (Å²) in [5, 5.41) is 2.48. The van der Waals surface area contributed by atoms with E-state index < -0.39 is 11.7 Å². The predicted molar refractivity (Wildman–Crippen MR) is 61.3 cm³/mol. The van der Waals surface area contributed by atoms with E-state index in [2.05, 4.69) is 11.9 Å². The molecule has 0 fully saturated rings. The Balaban J connectivity index is 2.54. The van der Waals surface area contributed by atoms with Crippen LogP contribution < -0.4 is 5.32 Å². The molecule has 0 aromatic heterocycles. The lowest BCUT2D eigenvalue weighted by Gasteiger charge is -2.10. The summed E-state index contributed by atoms with van der Waals surface area (Å²) >= 11 is 0. The van der Waals surface area contributed by atoms with Crippen molar-refractivity contribution >= 4 is 11.5 Å². The first-order valence-corrected chi connectivity index (χ1v) is 5.20. The highest BCUT2D eigenvalue weighted by atomic mass is 19.4. The van der Waals surface area contributed by atoms with Crippen LogP contribution in [0.3, 0.4) is 0 Å². The second-order valence-corrected chi connectivity index (χ2v) is 4.01. The van der Waals surface area contributed by atoms with Gasteiger partial charge in [0.15, 0.2) is 0 Å². The zero-order chi connectivity index (χ0) is 13.5. The Morgan fingerprint density at radius 3 is 2.44 bits per heavy atom. The average Bonchev–Trinajstić information content (AvgIpc) is 2.52. The molecule has 1 N–H and O–H groups in total. The number of hydrogen-bond donors (Lipinski definition) is 1. The van der Waals surface area contributed by atoms with Gasteiger partial charge in [0.05, 0.1) is 5.56 Å². The molecule has 0 aliphatic carbocycles. The van der Waals surface area contributed by atoms with Crippen LogP contribution >= 0.6 is 0 Å². The largest absolute Gasteiger partial charge is 0.416 e. The standard InChI is InChI=1S/C13H10F3NO/c1-7-11(8(2)17-12(7)18)9-4-3-5-10(6-9)13(14,15)16/h3-6H,2H2,1H3,(H,17,18). The molecule has 1 aromatic rings. The van der Waals surface area contributed by atoms with E-state index in [9.17, 15) is 18.0 Å². The van der Waals surface area contributed by atoms with Crippen molar-refractivity contribution in [2.75, 3.05) is 0 Å². The zero-order valence-electron chi connectivity index (χ0n) is 9.56. The molecule has 18 heavy (non-hydrogen) atoms. The molecule has 0 unspecified atom stereocenters. The minimum atomic E-state index is -4.40. The van der Waals surface area contributed by atoms with E-state index in [0.29, 0.717) is 22.4 Å². The lowest BCUT2D eigenvalue weighted by molar-refractivity contribution is -0.137. The molecule has 5 heteroatoms. The predicted octanol–water partition coefficient (Wildman–Crippen LogP) is 3.12. The Labute approximate surface area is 102 Å². The number of benzene rings is 1. The molecule has 2 nitrogen and oxygen atoms in total. The van der Waals surface area contributed by atoms with Crippen molar-refractivity contribution in [2.45, 2.75) is 13.1 Å². The summed E-state index contributed by atoms with van der Waals surface area (Å²) in [6.07, 6.45) is -4.40. The van der Waals surface area contributed by atoms with Gasteiger partial charge in [-0.15, -0.1) is 0 Å². The van der Waals surface area contributed by atoms with Crippen molar-refractivity contribution < 1.29 is 18.0 Å². The van der Waals surface area contributed by atoms with E-state index in [4.69, 9.17) is 0 Å². The van der Waals surface area contributed by atoms with Crippen LogP contribution in [-0.4, -0.2) is 5.91 Å². The number of halogens is 3. The number of rotatable bonds is 1. The summed E-state index contributed by atoms with van der Waals surface area (Å²) in [5.41, 5.74) is 0.736. The fourth-order valence-corrected chi connectivity index (χ4v) is 1.87. The molecule has 0 saturated heterocycles. The Morgan fingerprint density at radius 1 is 1.28 bits per heavy atom. The van der Waals surface area contributed by atoms with Gasteiger partial charge in [0, 0.05) is 16.8 Å². The number of nitrogens with one attached hydrogen (secondary N) is 1. The fraction of sp³-hybridized carbons (Fsp3) is 0.154. The van der Waals surface area contributed by atoms with Crippen molar-refractivity contribution in [3.63, 3.8) is 0 Å². The van der Waals surface area contributed by atoms with Gasteiger partial charge in [-0.3, -0.25) is 4.79 Å². The molecule has 0 bridgehead atoms. The number of carbonyl (C=O) groups is 1. The monoisotopic (exact) mass is 253 g/mol. The maximum atomic E-state index is 12.6. The number of alkyl halides is 3. The molecule has 94 valence electrons. The SMILES string of the molecule is C=C1NC(=O)C(C)=C1c1cccc(C(F)(F)F)c1. The van der Waals surface area contributed by atoms with Crippen LogP contribution in [-0.2, 0) is 11.0 Å². The summed E-state index contributed by atoms with van der Waals surface area (Å²) in [7, 11) is 0. The van der Waals surface area contributed by atoms with Crippen molar-refractivity contribution in [3.05, 3.63) is 53.2 Å². The summed E-state index contributed by atoms with van der Waals surface area (Å²) in [5.74, 6) is -0.326. The highest BCUT2D eigenvalue weighted by Crippen LogP contribution is 2.34. The molecule has 1 aliphatic rings. The second-order valence-electron chi connectivity index (χ2n) is 4.01. The minimum Gasteiger partial charge on any atom is -0.322 e. The third-order valence-electron chi connectivity index (χ3n) is 2.76. The topological polar surface area (TPSA) is 29.1 Å². The van der Waals surface area contributed by atoms with Gasteiger partial charge < -0.3 is 5.32 Å². The zero-order valence-corrected chi connectivity index (χ0v) is 9.56. The number of carbonyl (C=O) groups excluding carboxylic acids is 1. The summed E-state index contributed by atoms with van der Waals surface area (Å²) in [6, 6.07) is 4.85. The van der Waals surface area contributed by atoms with Crippen molar-refractivity contribution in [1.29, 1.82) is 0 Å². The van der Waals surface area contributed by atoms with Crippen LogP contribution in [0, 0.1) is 0 Å². The van der Waals surface area contributed by atoms with Crippen LogP contribution in [0.25, 0.3) is 5.57 Å². The quantitative estimate of drug-likeness (QED) is 0.818. The van der Waals surface area contributed by atoms with Gasteiger partial charge in [-0.2, -0.15) is 13.2 Å². The molecule has 0 spiro atoms. The Kier molecular flexibility index (Phi) is 2.77. The minimum absolute atomic E-state index is 0.326. The van der Waals surface area contributed by atoms with Gasteiger partial charge in [0.25, 0.3) is 5.91 Å². The van der Waals surface area contributed by atoms with Crippen LogP contribution in [0.4, 0.5) is 13.2 Å². The van der Waals surface area contributed by atoms with Crippen molar-refractivity contribution in [2.24, 2.45) is 0 Å². The lowest BCUT2D eigenvalue weighted by atomic mass is 9.99. The van der Waals surface area contributed by atoms with E-state index in [1.807, 2.05) is 0 Å². The van der Waals surface area contributed by atoms with Gasteiger partial charge in [0.1, 0.15) is 0 Å². The van der Waals surface area contributed by atoms with Crippen molar-refractivity contribution in [3.8, 4) is 0 Å². The molecule has 1 amide bonds. The van der Waals surface area contributed by atoms with Crippen LogP contribution in [0.2, 0.25) is 0 Å². The molecule has 0 saturated carbocycles. The maximum absolute atomic E-state index is 12.6. The molecular formula is C13H10F3NO. The molecular weight excluding hydrogens is 243 g/mol. The highest BCUT2D eigenvalue weighted by molar-refractivity contribution is 6.10. The molecule has 0 atom stereocenters. The first-order chi connectivity index (χ1) is 8.30. The summed E-state index contributed by atoms with van der Waals surface area (Å²) in [6.45, 7) is 5.19. The van der Waals surface area contributed by atoms with Gasteiger partial charge >= 0.3 is 6.18 Å². The summed E-state index contributed by atoms with van der Waals surface area (Å²) in [4.78, 5) is 11.4. The molecule has 1 heterocycles. The van der Waals surface area contributed by atoms with E-state index in [0.717, 1.165) is 12.1 Å². The maximum Gasteiger partial charge on any atom is 0.416 e.